The average molecular weight is 580 g/mol. The molecule has 10 heteroatoms. The fourth-order valence-corrected chi connectivity index (χ4v) is 5.87. The largest absolute Gasteiger partial charge is 0.486 e. The van der Waals surface area contributed by atoms with Crippen LogP contribution in [0.15, 0.2) is 77.7 Å². The SMILES string of the molecule is Cc1ccccc1CN(C(=O)CN(c1ccc2c(c1)OCCO2)S(=O)(=O)c1ccccc1)[C@H](C)C(=O)NCC(C)C. The van der Waals surface area contributed by atoms with Crippen molar-refractivity contribution in [3.63, 3.8) is 0 Å². The molecule has 1 aliphatic rings. The molecule has 0 bridgehead atoms. The lowest BCUT2D eigenvalue weighted by atomic mass is 10.1. The fourth-order valence-electron chi connectivity index (χ4n) is 4.44. The molecule has 0 saturated carbocycles. The number of nitrogens with one attached hydrogen (secondary N) is 1. The van der Waals surface area contributed by atoms with Crippen LogP contribution in [0.3, 0.4) is 0 Å². The van der Waals surface area contributed by atoms with Gasteiger partial charge in [0.15, 0.2) is 11.5 Å². The van der Waals surface area contributed by atoms with Crippen molar-refractivity contribution in [2.45, 2.75) is 45.2 Å². The van der Waals surface area contributed by atoms with Crippen molar-refractivity contribution < 1.29 is 27.5 Å². The minimum atomic E-state index is -4.17. The molecule has 1 heterocycles. The van der Waals surface area contributed by atoms with E-state index in [9.17, 15) is 18.0 Å². The third-order valence-electron chi connectivity index (χ3n) is 6.88. The number of ether oxygens (including phenoxy) is 2. The van der Waals surface area contributed by atoms with Crippen LogP contribution < -0.4 is 19.1 Å². The molecule has 0 aromatic heterocycles. The summed E-state index contributed by atoms with van der Waals surface area (Å²) in [5.74, 6) is 0.299. The molecule has 0 saturated heterocycles. The molecular weight excluding hydrogens is 542 g/mol. The second-order valence-electron chi connectivity index (χ2n) is 10.4. The maximum Gasteiger partial charge on any atom is 0.264 e. The van der Waals surface area contributed by atoms with Crippen molar-refractivity contribution in [3.8, 4) is 11.5 Å². The highest BCUT2D eigenvalue weighted by Gasteiger charge is 2.33. The first-order valence-corrected chi connectivity index (χ1v) is 15.1. The van der Waals surface area contributed by atoms with Crippen LogP contribution in [0.2, 0.25) is 0 Å². The van der Waals surface area contributed by atoms with Gasteiger partial charge in [-0.05, 0) is 55.2 Å². The van der Waals surface area contributed by atoms with Gasteiger partial charge < -0.3 is 19.7 Å². The number of aryl methyl sites for hydroxylation is 1. The molecule has 0 spiro atoms. The maximum atomic E-state index is 14.1. The summed E-state index contributed by atoms with van der Waals surface area (Å²) in [6.07, 6.45) is 0. The van der Waals surface area contributed by atoms with Gasteiger partial charge >= 0.3 is 0 Å². The molecule has 3 aromatic carbocycles. The number of carbonyl (C=O) groups is 2. The summed E-state index contributed by atoms with van der Waals surface area (Å²) in [6, 6.07) is 19.5. The van der Waals surface area contributed by atoms with Crippen molar-refractivity contribution in [2.75, 3.05) is 30.6 Å². The third kappa shape index (κ3) is 7.18. The zero-order chi connectivity index (χ0) is 29.6. The lowest BCUT2D eigenvalue weighted by molar-refractivity contribution is -0.139. The van der Waals surface area contributed by atoms with E-state index in [0.29, 0.717) is 31.3 Å². The number of anilines is 1. The van der Waals surface area contributed by atoms with Gasteiger partial charge in [-0.15, -0.1) is 0 Å². The van der Waals surface area contributed by atoms with E-state index in [4.69, 9.17) is 9.47 Å². The summed E-state index contributed by atoms with van der Waals surface area (Å²) < 4.78 is 40.3. The van der Waals surface area contributed by atoms with Crippen molar-refractivity contribution in [3.05, 3.63) is 83.9 Å². The summed E-state index contributed by atoms with van der Waals surface area (Å²) in [7, 11) is -4.17. The smallest absolute Gasteiger partial charge is 0.264 e. The Labute approximate surface area is 242 Å². The number of carbonyl (C=O) groups excluding carboxylic acids is 2. The van der Waals surface area contributed by atoms with Crippen molar-refractivity contribution in [1.82, 2.24) is 10.2 Å². The Morgan fingerprint density at radius 2 is 1.56 bits per heavy atom. The standard InChI is InChI=1S/C31H37N3O6S/c1-22(2)19-32-31(36)24(4)33(20-25-11-9-8-10-23(25)3)30(35)21-34(41(37,38)27-12-6-5-7-13-27)26-14-15-28-29(18-26)40-17-16-39-28/h5-15,18,22,24H,16-17,19-21H2,1-4H3,(H,32,36)/t24-/m1/s1. The second kappa shape index (κ2) is 13.1. The van der Waals surface area contributed by atoms with Gasteiger partial charge in [-0.3, -0.25) is 13.9 Å². The Bertz CT molecular complexity index is 1480. The topological polar surface area (TPSA) is 105 Å². The van der Waals surface area contributed by atoms with Crippen LogP contribution in [0.25, 0.3) is 0 Å². The Hall–Kier alpha value is -4.05. The van der Waals surface area contributed by atoms with Gasteiger partial charge in [-0.1, -0.05) is 56.3 Å². The third-order valence-corrected chi connectivity index (χ3v) is 8.67. The maximum absolute atomic E-state index is 14.1. The van der Waals surface area contributed by atoms with Crippen LogP contribution in [-0.4, -0.2) is 57.5 Å². The second-order valence-corrected chi connectivity index (χ2v) is 12.3. The predicted octanol–water partition coefficient (Wildman–Crippen LogP) is 4.15. The lowest BCUT2D eigenvalue weighted by Gasteiger charge is -2.32. The van der Waals surface area contributed by atoms with E-state index in [1.807, 2.05) is 45.0 Å². The van der Waals surface area contributed by atoms with Crippen LogP contribution >= 0.6 is 0 Å². The molecule has 4 rings (SSSR count). The molecule has 0 radical (unpaired) electrons. The molecule has 1 N–H and O–H groups in total. The molecule has 0 fully saturated rings. The quantitative estimate of drug-likeness (QED) is 0.366. The van der Waals surface area contributed by atoms with Gasteiger partial charge in [0.1, 0.15) is 25.8 Å². The van der Waals surface area contributed by atoms with Gasteiger partial charge in [0.25, 0.3) is 10.0 Å². The van der Waals surface area contributed by atoms with E-state index in [1.54, 1.807) is 43.3 Å². The number of amides is 2. The van der Waals surface area contributed by atoms with E-state index in [0.717, 1.165) is 15.4 Å². The zero-order valence-electron chi connectivity index (χ0n) is 23.9. The molecule has 41 heavy (non-hydrogen) atoms. The highest BCUT2D eigenvalue weighted by atomic mass is 32.2. The zero-order valence-corrected chi connectivity index (χ0v) is 24.7. The molecule has 0 aliphatic carbocycles. The Balaban J connectivity index is 1.72. The van der Waals surface area contributed by atoms with Crippen molar-refractivity contribution >= 4 is 27.5 Å². The van der Waals surface area contributed by atoms with Gasteiger partial charge in [-0.25, -0.2) is 8.42 Å². The first-order valence-electron chi connectivity index (χ1n) is 13.7. The first kappa shape index (κ1) is 29.9. The normalized spacial score (nSPS) is 13.4. The van der Waals surface area contributed by atoms with Gasteiger partial charge in [0.05, 0.1) is 10.6 Å². The van der Waals surface area contributed by atoms with E-state index >= 15 is 0 Å². The minimum absolute atomic E-state index is 0.0378. The number of rotatable bonds is 11. The van der Waals surface area contributed by atoms with E-state index in [-0.39, 0.29) is 29.0 Å². The van der Waals surface area contributed by atoms with Crippen molar-refractivity contribution in [2.24, 2.45) is 5.92 Å². The highest BCUT2D eigenvalue weighted by Crippen LogP contribution is 2.36. The minimum Gasteiger partial charge on any atom is -0.486 e. The molecule has 218 valence electrons. The van der Waals surface area contributed by atoms with Gasteiger partial charge in [-0.2, -0.15) is 0 Å². The molecule has 0 unspecified atom stereocenters. The summed E-state index contributed by atoms with van der Waals surface area (Å²) in [5, 5.41) is 2.90. The van der Waals surface area contributed by atoms with Crippen LogP contribution in [0.1, 0.15) is 31.9 Å². The molecule has 2 amide bonds. The average Bonchev–Trinajstić information content (AvgIpc) is 2.97. The van der Waals surface area contributed by atoms with E-state index in [2.05, 4.69) is 5.32 Å². The Morgan fingerprint density at radius 1 is 0.902 bits per heavy atom. The first-order chi connectivity index (χ1) is 19.6. The number of benzene rings is 3. The van der Waals surface area contributed by atoms with Crippen molar-refractivity contribution in [1.29, 1.82) is 0 Å². The lowest BCUT2D eigenvalue weighted by Crippen LogP contribution is -2.51. The number of hydrogen-bond donors (Lipinski definition) is 1. The Kier molecular flexibility index (Phi) is 9.54. The number of sulfonamides is 1. The van der Waals surface area contributed by atoms with Crippen LogP contribution in [0.4, 0.5) is 5.69 Å². The summed E-state index contributed by atoms with van der Waals surface area (Å²) in [6.45, 7) is 8.36. The van der Waals surface area contributed by atoms with E-state index < -0.39 is 28.5 Å². The van der Waals surface area contributed by atoms with Crippen LogP contribution in [-0.2, 0) is 26.2 Å². The van der Waals surface area contributed by atoms with E-state index in [1.165, 1.54) is 17.0 Å². The predicted molar refractivity (Wildman–Crippen MR) is 157 cm³/mol. The van der Waals surface area contributed by atoms with Gasteiger partial charge in [0, 0.05) is 19.2 Å². The van der Waals surface area contributed by atoms with Gasteiger partial charge in [0.2, 0.25) is 11.8 Å². The van der Waals surface area contributed by atoms with Crippen LogP contribution in [0, 0.1) is 12.8 Å². The van der Waals surface area contributed by atoms with Crippen LogP contribution in [0.5, 0.6) is 11.5 Å². The molecule has 1 aliphatic heterocycles. The summed E-state index contributed by atoms with van der Waals surface area (Å²) in [4.78, 5) is 28.7. The molecule has 3 aromatic rings. The molecular formula is C31H37N3O6S. The number of fused-ring (bicyclic) bond motifs is 1. The highest BCUT2D eigenvalue weighted by molar-refractivity contribution is 7.92. The fraction of sp³-hybridized carbons (Fsp3) is 0.355. The summed E-state index contributed by atoms with van der Waals surface area (Å²) >= 11 is 0. The summed E-state index contributed by atoms with van der Waals surface area (Å²) in [5.41, 5.74) is 2.07. The molecule has 1 atom stereocenters. The monoisotopic (exact) mass is 579 g/mol. The Morgan fingerprint density at radius 3 is 2.24 bits per heavy atom. The number of hydrogen-bond acceptors (Lipinski definition) is 6. The number of nitrogens with zero attached hydrogens (tertiary/aromatic N) is 2. The molecule has 9 nitrogen and oxygen atoms in total.